The van der Waals surface area contributed by atoms with E-state index in [0.29, 0.717) is 24.5 Å². The maximum absolute atomic E-state index is 13.4. The molecule has 148 valence electrons. The van der Waals surface area contributed by atoms with E-state index >= 15 is 0 Å². The predicted octanol–water partition coefficient (Wildman–Crippen LogP) is 5.23. The second-order valence-corrected chi connectivity index (χ2v) is 6.13. The Morgan fingerprint density at radius 1 is 1.15 bits per heavy atom. The Morgan fingerprint density at radius 3 is 2.37 bits per heavy atom. The van der Waals surface area contributed by atoms with Gasteiger partial charge in [0.1, 0.15) is 11.3 Å². The van der Waals surface area contributed by atoms with Crippen LogP contribution in [0.25, 0.3) is 0 Å². The maximum atomic E-state index is 13.4. The average molecular weight is 383 g/mol. The lowest BCUT2D eigenvalue weighted by Crippen LogP contribution is -2.19. The lowest BCUT2D eigenvalue weighted by atomic mass is 10.2. The molecule has 1 aromatic carbocycles. The first-order chi connectivity index (χ1) is 12.8. The van der Waals surface area contributed by atoms with Crippen LogP contribution < -0.4 is 14.4 Å². The van der Waals surface area contributed by atoms with E-state index in [4.69, 9.17) is 9.47 Å². The Kier molecular flexibility index (Phi) is 6.87. The van der Waals surface area contributed by atoms with Gasteiger partial charge < -0.3 is 14.4 Å². The molecular weight excluding hydrogens is 359 g/mol. The van der Waals surface area contributed by atoms with Crippen molar-refractivity contribution >= 4 is 11.5 Å². The fourth-order valence-electron chi connectivity index (χ4n) is 2.26. The van der Waals surface area contributed by atoms with Crippen molar-refractivity contribution in [2.75, 3.05) is 18.6 Å². The zero-order chi connectivity index (χ0) is 20.0. The van der Waals surface area contributed by atoms with Crippen LogP contribution in [0.4, 0.5) is 24.7 Å². The highest BCUT2D eigenvalue weighted by atomic mass is 19.4. The normalized spacial score (nSPS) is 12.6. The second-order valence-electron chi connectivity index (χ2n) is 6.13. The van der Waals surface area contributed by atoms with Crippen LogP contribution in [0.5, 0.6) is 11.8 Å². The van der Waals surface area contributed by atoms with Crippen LogP contribution in [0, 0.1) is 0 Å². The number of hydrogen-bond donors (Lipinski definition) is 0. The van der Waals surface area contributed by atoms with Gasteiger partial charge in [-0.15, -0.1) is 0 Å². The van der Waals surface area contributed by atoms with Gasteiger partial charge in [-0.05, 0) is 44.0 Å². The van der Waals surface area contributed by atoms with E-state index in [1.807, 2.05) is 20.8 Å². The number of ether oxygens (including phenoxy) is 2. The zero-order valence-electron chi connectivity index (χ0n) is 15.9. The summed E-state index contributed by atoms with van der Waals surface area (Å²) in [5, 5.41) is 0. The van der Waals surface area contributed by atoms with E-state index in [1.165, 1.54) is 11.9 Å². The summed E-state index contributed by atoms with van der Waals surface area (Å²) in [6, 6.07) is 6.74. The third kappa shape index (κ3) is 5.48. The number of anilines is 2. The molecule has 2 aromatic rings. The van der Waals surface area contributed by atoms with Crippen LogP contribution in [0.3, 0.4) is 0 Å². The SMILES string of the molecule is CCCOc1ncc(C(F)(F)F)c(N(C)c2ccc(OC(C)CC)cc2)n1. The summed E-state index contributed by atoms with van der Waals surface area (Å²) in [6.45, 7) is 6.18. The highest BCUT2D eigenvalue weighted by Gasteiger charge is 2.36. The van der Waals surface area contributed by atoms with E-state index in [-0.39, 0.29) is 17.9 Å². The van der Waals surface area contributed by atoms with Crippen molar-refractivity contribution in [3.63, 3.8) is 0 Å². The molecule has 0 spiro atoms. The summed E-state index contributed by atoms with van der Waals surface area (Å²) >= 11 is 0. The monoisotopic (exact) mass is 383 g/mol. The number of alkyl halides is 3. The Hall–Kier alpha value is -2.51. The fourth-order valence-corrected chi connectivity index (χ4v) is 2.26. The van der Waals surface area contributed by atoms with Crippen LogP contribution >= 0.6 is 0 Å². The molecular formula is C19H24F3N3O2. The van der Waals surface area contributed by atoms with E-state index in [1.54, 1.807) is 24.3 Å². The van der Waals surface area contributed by atoms with Gasteiger partial charge in [-0.25, -0.2) is 4.98 Å². The quantitative estimate of drug-likeness (QED) is 0.625. The van der Waals surface area contributed by atoms with Crippen LogP contribution in [-0.4, -0.2) is 29.7 Å². The molecule has 1 aromatic heterocycles. The average Bonchev–Trinajstić information content (AvgIpc) is 2.65. The number of hydrogen-bond acceptors (Lipinski definition) is 5. The largest absolute Gasteiger partial charge is 0.491 e. The first kappa shape index (κ1) is 20.8. The second kappa shape index (κ2) is 8.92. The summed E-state index contributed by atoms with van der Waals surface area (Å²) < 4.78 is 51.2. The minimum atomic E-state index is -4.58. The molecule has 0 aliphatic heterocycles. The first-order valence-electron chi connectivity index (χ1n) is 8.83. The molecule has 0 saturated carbocycles. The Balaban J connectivity index is 2.33. The topological polar surface area (TPSA) is 47.5 Å². The van der Waals surface area contributed by atoms with Gasteiger partial charge in [0.25, 0.3) is 0 Å². The van der Waals surface area contributed by atoms with Crippen LogP contribution in [0.2, 0.25) is 0 Å². The molecule has 0 aliphatic carbocycles. The molecule has 0 N–H and O–H groups in total. The summed E-state index contributed by atoms with van der Waals surface area (Å²) in [5.41, 5.74) is -0.383. The van der Waals surface area contributed by atoms with Gasteiger partial charge in [0.05, 0.1) is 12.7 Å². The molecule has 1 atom stereocenters. The maximum Gasteiger partial charge on any atom is 0.421 e. The van der Waals surface area contributed by atoms with Gasteiger partial charge in [-0.2, -0.15) is 18.2 Å². The molecule has 0 saturated heterocycles. The molecule has 0 bridgehead atoms. The smallest absolute Gasteiger partial charge is 0.421 e. The molecule has 1 heterocycles. The number of benzene rings is 1. The molecule has 8 heteroatoms. The van der Waals surface area contributed by atoms with Gasteiger partial charge in [0.15, 0.2) is 5.82 Å². The van der Waals surface area contributed by atoms with Crippen LogP contribution in [-0.2, 0) is 6.18 Å². The van der Waals surface area contributed by atoms with E-state index < -0.39 is 11.7 Å². The zero-order valence-corrected chi connectivity index (χ0v) is 15.9. The van der Waals surface area contributed by atoms with Crippen molar-refractivity contribution in [1.82, 2.24) is 9.97 Å². The predicted molar refractivity (Wildman–Crippen MR) is 97.7 cm³/mol. The number of nitrogens with zero attached hydrogens (tertiary/aromatic N) is 3. The molecule has 0 fully saturated rings. The van der Waals surface area contributed by atoms with Gasteiger partial charge in [0.2, 0.25) is 0 Å². The van der Waals surface area contributed by atoms with Gasteiger partial charge in [0, 0.05) is 18.9 Å². The molecule has 0 aliphatic rings. The molecule has 5 nitrogen and oxygen atoms in total. The Morgan fingerprint density at radius 2 is 1.81 bits per heavy atom. The van der Waals surface area contributed by atoms with E-state index in [9.17, 15) is 13.2 Å². The lowest BCUT2D eigenvalue weighted by molar-refractivity contribution is -0.137. The van der Waals surface area contributed by atoms with E-state index in [0.717, 1.165) is 12.6 Å². The van der Waals surface area contributed by atoms with Crippen molar-refractivity contribution < 1.29 is 22.6 Å². The van der Waals surface area contributed by atoms with Crippen molar-refractivity contribution in [1.29, 1.82) is 0 Å². The van der Waals surface area contributed by atoms with E-state index in [2.05, 4.69) is 9.97 Å². The summed E-state index contributed by atoms with van der Waals surface area (Å²) in [7, 11) is 1.52. The minimum absolute atomic E-state index is 0.0607. The Labute approximate surface area is 157 Å². The molecule has 27 heavy (non-hydrogen) atoms. The molecule has 0 radical (unpaired) electrons. The van der Waals surface area contributed by atoms with Crippen molar-refractivity contribution in [3.8, 4) is 11.8 Å². The van der Waals surface area contributed by atoms with Crippen molar-refractivity contribution in [2.45, 2.75) is 45.9 Å². The standard InChI is InChI=1S/C19H24F3N3O2/c1-5-11-26-18-23-12-16(19(20,21)22)17(24-18)25(4)14-7-9-15(10-8-14)27-13(3)6-2/h7-10,12-13H,5-6,11H2,1-4H3. The van der Waals surface area contributed by atoms with Crippen LogP contribution in [0.15, 0.2) is 30.5 Å². The lowest BCUT2D eigenvalue weighted by Gasteiger charge is -2.23. The third-order valence-corrected chi connectivity index (χ3v) is 3.94. The summed E-state index contributed by atoms with van der Waals surface area (Å²) in [6.07, 6.45) is -2.20. The van der Waals surface area contributed by atoms with Crippen molar-refractivity contribution in [2.24, 2.45) is 0 Å². The van der Waals surface area contributed by atoms with Gasteiger partial charge in [-0.1, -0.05) is 13.8 Å². The fraction of sp³-hybridized carbons (Fsp3) is 0.474. The van der Waals surface area contributed by atoms with Gasteiger partial charge >= 0.3 is 12.2 Å². The molecule has 0 amide bonds. The van der Waals surface area contributed by atoms with Crippen LogP contribution in [0.1, 0.15) is 39.2 Å². The number of halogens is 3. The first-order valence-corrected chi connectivity index (χ1v) is 8.83. The third-order valence-electron chi connectivity index (χ3n) is 3.94. The molecule has 1 unspecified atom stereocenters. The van der Waals surface area contributed by atoms with Crippen molar-refractivity contribution in [3.05, 3.63) is 36.0 Å². The van der Waals surface area contributed by atoms with Gasteiger partial charge in [-0.3, -0.25) is 0 Å². The number of aromatic nitrogens is 2. The summed E-state index contributed by atoms with van der Waals surface area (Å²) in [5.74, 6) is 0.395. The highest BCUT2D eigenvalue weighted by Crippen LogP contribution is 2.38. The summed E-state index contributed by atoms with van der Waals surface area (Å²) in [4.78, 5) is 9.01. The molecule has 2 rings (SSSR count). The Bertz CT molecular complexity index is 736. The minimum Gasteiger partial charge on any atom is -0.491 e. The number of rotatable bonds is 8. The highest BCUT2D eigenvalue weighted by molar-refractivity contribution is 5.63.